The fourth-order valence-electron chi connectivity index (χ4n) is 3.86. The number of rotatable bonds is 4. The molecule has 2 N–H and O–H groups in total. The van der Waals surface area contributed by atoms with E-state index in [1.54, 1.807) is 0 Å². The van der Waals surface area contributed by atoms with Crippen LogP contribution >= 0.6 is 0 Å². The number of piperidine rings is 1. The van der Waals surface area contributed by atoms with Gasteiger partial charge in [0.05, 0.1) is 0 Å². The predicted molar refractivity (Wildman–Crippen MR) is 95.8 cm³/mol. The smallest absolute Gasteiger partial charge is 0.317 e. The summed E-state index contributed by atoms with van der Waals surface area (Å²) in [6.45, 7) is 3.88. The highest BCUT2D eigenvalue weighted by Crippen LogP contribution is 2.19. The summed E-state index contributed by atoms with van der Waals surface area (Å²) in [5, 5.41) is 6.92. The standard InChI is InChI=1S/C19H30N4O/c1-15(16-7-11-20-12-8-16)21-18-9-13-23(14-10-18)19(24)22-17-5-3-2-4-6-17/h7-8,11-12,15,17-18,21H,2-6,9-10,13-14H2,1H3,(H,22,24)/t15-/m0/s1. The summed E-state index contributed by atoms with van der Waals surface area (Å²) >= 11 is 0. The van der Waals surface area contributed by atoms with Gasteiger partial charge in [-0.25, -0.2) is 4.79 Å². The number of nitrogens with zero attached hydrogens (tertiary/aromatic N) is 2. The second kappa shape index (κ2) is 8.47. The Hall–Kier alpha value is -1.62. The van der Waals surface area contributed by atoms with Crippen LogP contribution in [0.25, 0.3) is 0 Å². The van der Waals surface area contributed by atoms with Gasteiger partial charge < -0.3 is 15.5 Å². The monoisotopic (exact) mass is 330 g/mol. The summed E-state index contributed by atoms with van der Waals surface area (Å²) in [6.07, 6.45) is 11.8. The van der Waals surface area contributed by atoms with Gasteiger partial charge in [-0.2, -0.15) is 0 Å². The molecule has 0 spiro atoms. The molecule has 132 valence electrons. The van der Waals surface area contributed by atoms with Crippen LogP contribution in [0.1, 0.15) is 63.5 Å². The second-order valence-corrected chi connectivity index (χ2v) is 7.21. The van der Waals surface area contributed by atoms with Crippen molar-refractivity contribution in [1.29, 1.82) is 0 Å². The Morgan fingerprint density at radius 3 is 2.42 bits per heavy atom. The maximum absolute atomic E-state index is 12.4. The average Bonchev–Trinajstić information content (AvgIpc) is 2.64. The summed E-state index contributed by atoms with van der Waals surface area (Å²) in [4.78, 5) is 18.5. The Labute approximate surface area is 145 Å². The minimum atomic E-state index is 0.141. The maximum atomic E-state index is 12.4. The first kappa shape index (κ1) is 17.2. The van der Waals surface area contributed by atoms with E-state index in [2.05, 4.69) is 34.7 Å². The van der Waals surface area contributed by atoms with Gasteiger partial charge >= 0.3 is 6.03 Å². The van der Waals surface area contributed by atoms with Gasteiger partial charge in [0, 0.05) is 43.6 Å². The number of hydrogen-bond donors (Lipinski definition) is 2. The molecule has 1 aromatic heterocycles. The number of pyridine rings is 1. The first-order valence-electron chi connectivity index (χ1n) is 9.44. The molecule has 0 aromatic carbocycles. The molecule has 5 nitrogen and oxygen atoms in total. The third kappa shape index (κ3) is 4.69. The van der Waals surface area contributed by atoms with E-state index in [-0.39, 0.29) is 6.03 Å². The molecular formula is C19H30N4O. The van der Waals surface area contributed by atoms with Gasteiger partial charge in [0.25, 0.3) is 0 Å². The summed E-state index contributed by atoms with van der Waals surface area (Å²) in [6, 6.07) is 5.46. The second-order valence-electron chi connectivity index (χ2n) is 7.21. The molecule has 1 aliphatic heterocycles. The van der Waals surface area contributed by atoms with Crippen LogP contribution in [0.15, 0.2) is 24.5 Å². The number of likely N-dealkylation sites (tertiary alicyclic amines) is 1. The predicted octanol–water partition coefficient (Wildman–Crippen LogP) is 3.24. The quantitative estimate of drug-likeness (QED) is 0.891. The fraction of sp³-hybridized carbons (Fsp3) is 0.684. The molecule has 2 aliphatic rings. The molecular weight excluding hydrogens is 300 g/mol. The summed E-state index contributed by atoms with van der Waals surface area (Å²) in [7, 11) is 0. The van der Waals surface area contributed by atoms with Crippen molar-refractivity contribution in [3.8, 4) is 0 Å². The van der Waals surface area contributed by atoms with Crippen molar-refractivity contribution in [2.45, 2.75) is 70.0 Å². The summed E-state index contributed by atoms with van der Waals surface area (Å²) < 4.78 is 0. The van der Waals surface area contributed by atoms with Crippen molar-refractivity contribution in [2.24, 2.45) is 0 Å². The maximum Gasteiger partial charge on any atom is 0.317 e. The van der Waals surface area contributed by atoms with Crippen LogP contribution in [0.5, 0.6) is 0 Å². The number of aromatic nitrogens is 1. The van der Waals surface area contributed by atoms with Gasteiger partial charge in [0.2, 0.25) is 0 Å². The van der Waals surface area contributed by atoms with Crippen LogP contribution in [0, 0.1) is 0 Å². The molecule has 1 saturated heterocycles. The molecule has 2 heterocycles. The van der Waals surface area contributed by atoms with Crippen molar-refractivity contribution >= 4 is 6.03 Å². The zero-order valence-corrected chi connectivity index (χ0v) is 14.7. The van der Waals surface area contributed by atoms with E-state index in [9.17, 15) is 4.79 Å². The molecule has 5 heteroatoms. The van der Waals surface area contributed by atoms with Gasteiger partial charge in [0.15, 0.2) is 0 Å². The van der Waals surface area contributed by atoms with Crippen LogP contribution in [-0.2, 0) is 0 Å². The van der Waals surface area contributed by atoms with E-state index in [0.29, 0.717) is 18.1 Å². The molecule has 24 heavy (non-hydrogen) atoms. The highest BCUT2D eigenvalue weighted by molar-refractivity contribution is 5.74. The highest BCUT2D eigenvalue weighted by atomic mass is 16.2. The molecule has 1 atom stereocenters. The Kier molecular flexibility index (Phi) is 6.07. The fourth-order valence-corrected chi connectivity index (χ4v) is 3.86. The molecule has 1 saturated carbocycles. The largest absolute Gasteiger partial charge is 0.335 e. The third-order valence-corrected chi connectivity index (χ3v) is 5.41. The Bertz CT molecular complexity index is 507. The number of carbonyl (C=O) groups excluding carboxylic acids is 1. The zero-order chi connectivity index (χ0) is 16.8. The zero-order valence-electron chi connectivity index (χ0n) is 14.7. The summed E-state index contributed by atoms with van der Waals surface area (Å²) in [5.74, 6) is 0. The van der Waals surface area contributed by atoms with Crippen molar-refractivity contribution < 1.29 is 4.79 Å². The Morgan fingerprint density at radius 2 is 1.75 bits per heavy atom. The van der Waals surface area contributed by atoms with E-state index in [4.69, 9.17) is 0 Å². The number of nitrogens with one attached hydrogen (secondary N) is 2. The lowest BCUT2D eigenvalue weighted by atomic mass is 9.95. The minimum Gasteiger partial charge on any atom is -0.335 e. The van der Waals surface area contributed by atoms with Crippen molar-refractivity contribution in [3.05, 3.63) is 30.1 Å². The van der Waals surface area contributed by atoms with E-state index < -0.39 is 0 Å². The number of hydrogen-bond acceptors (Lipinski definition) is 3. The Morgan fingerprint density at radius 1 is 1.08 bits per heavy atom. The molecule has 3 rings (SSSR count). The molecule has 0 radical (unpaired) electrons. The number of urea groups is 1. The number of carbonyl (C=O) groups is 1. The SMILES string of the molecule is C[C@H](NC1CCN(C(=O)NC2CCCCC2)CC1)c1ccncc1. The van der Waals surface area contributed by atoms with E-state index >= 15 is 0 Å². The van der Waals surface area contributed by atoms with Crippen molar-refractivity contribution in [3.63, 3.8) is 0 Å². The molecule has 0 unspecified atom stereocenters. The van der Waals surface area contributed by atoms with E-state index in [0.717, 1.165) is 38.8 Å². The highest BCUT2D eigenvalue weighted by Gasteiger charge is 2.25. The lowest BCUT2D eigenvalue weighted by Crippen LogP contribution is -2.51. The minimum absolute atomic E-state index is 0.141. The first-order chi connectivity index (χ1) is 11.7. The lowest BCUT2D eigenvalue weighted by molar-refractivity contribution is 0.168. The van der Waals surface area contributed by atoms with Gasteiger partial charge in [-0.3, -0.25) is 4.98 Å². The van der Waals surface area contributed by atoms with Crippen LogP contribution in [0.2, 0.25) is 0 Å². The van der Waals surface area contributed by atoms with Crippen molar-refractivity contribution in [2.75, 3.05) is 13.1 Å². The topological polar surface area (TPSA) is 57.3 Å². The van der Waals surface area contributed by atoms with E-state index in [1.807, 2.05) is 17.3 Å². The normalized spacial score (nSPS) is 21.5. The van der Waals surface area contributed by atoms with E-state index in [1.165, 1.54) is 24.8 Å². The molecule has 1 aromatic rings. The number of amides is 2. The van der Waals surface area contributed by atoms with Gasteiger partial charge in [-0.1, -0.05) is 19.3 Å². The third-order valence-electron chi connectivity index (χ3n) is 5.41. The van der Waals surface area contributed by atoms with Crippen molar-refractivity contribution in [1.82, 2.24) is 20.5 Å². The van der Waals surface area contributed by atoms with Gasteiger partial charge in [-0.15, -0.1) is 0 Å². The average molecular weight is 330 g/mol. The lowest BCUT2D eigenvalue weighted by Gasteiger charge is -2.35. The molecule has 2 amide bonds. The van der Waals surface area contributed by atoms with Crippen LogP contribution in [-0.4, -0.2) is 41.1 Å². The first-order valence-corrected chi connectivity index (χ1v) is 9.44. The van der Waals surface area contributed by atoms with Crippen LogP contribution in [0.4, 0.5) is 4.79 Å². The Balaban J connectivity index is 1.41. The molecule has 0 bridgehead atoms. The molecule has 2 fully saturated rings. The summed E-state index contributed by atoms with van der Waals surface area (Å²) in [5.41, 5.74) is 1.27. The van der Waals surface area contributed by atoms with Crippen LogP contribution in [0.3, 0.4) is 0 Å². The van der Waals surface area contributed by atoms with Crippen LogP contribution < -0.4 is 10.6 Å². The van der Waals surface area contributed by atoms with Gasteiger partial charge in [-0.05, 0) is 50.3 Å². The van der Waals surface area contributed by atoms with Gasteiger partial charge in [0.1, 0.15) is 0 Å². The molecule has 1 aliphatic carbocycles.